The molecule has 2 heterocycles. The van der Waals surface area contributed by atoms with Crippen LogP contribution < -0.4 is 10.5 Å². The van der Waals surface area contributed by atoms with Gasteiger partial charge in [0.05, 0.1) is 19.4 Å². The fourth-order valence-corrected chi connectivity index (χ4v) is 2.71. The van der Waals surface area contributed by atoms with Crippen LogP contribution in [0.25, 0.3) is 16.8 Å². The topological polar surface area (TPSA) is 91.7 Å². The molecule has 130 valence electrons. The van der Waals surface area contributed by atoms with Crippen molar-refractivity contribution in [2.45, 2.75) is 20.3 Å². The predicted octanol–water partition coefficient (Wildman–Crippen LogP) is 2.73. The lowest BCUT2D eigenvalue weighted by Gasteiger charge is -2.07. The van der Waals surface area contributed by atoms with Crippen LogP contribution in [0, 0.1) is 0 Å². The van der Waals surface area contributed by atoms with Gasteiger partial charge in [-0.2, -0.15) is 9.61 Å². The van der Waals surface area contributed by atoms with Crippen molar-refractivity contribution < 1.29 is 14.3 Å². The van der Waals surface area contributed by atoms with Crippen molar-refractivity contribution in [2.75, 3.05) is 19.5 Å². The van der Waals surface area contributed by atoms with Crippen LogP contribution in [0.15, 0.2) is 30.5 Å². The molecule has 3 rings (SSSR count). The lowest BCUT2D eigenvalue weighted by molar-refractivity contribution is 0.0526. The van der Waals surface area contributed by atoms with Crippen molar-refractivity contribution in [3.8, 4) is 16.9 Å². The molecule has 25 heavy (non-hydrogen) atoms. The predicted molar refractivity (Wildman–Crippen MR) is 94.7 cm³/mol. The molecule has 3 aromatic rings. The second-order valence-corrected chi connectivity index (χ2v) is 5.42. The summed E-state index contributed by atoms with van der Waals surface area (Å²) in [5.41, 5.74) is 9.67. The number of hydrogen-bond donors (Lipinski definition) is 1. The third-order valence-electron chi connectivity index (χ3n) is 3.96. The molecule has 0 fully saturated rings. The standard InChI is InChI=1S/C18H20N4O3/c1-4-14-15(11-6-8-12(24-3)9-7-11)17-20-10-13(18(23)25-5-2)16(19)22(17)21-14/h6-10H,4-5,19H2,1-3H3. The minimum Gasteiger partial charge on any atom is -0.497 e. The summed E-state index contributed by atoms with van der Waals surface area (Å²) < 4.78 is 11.7. The van der Waals surface area contributed by atoms with Gasteiger partial charge < -0.3 is 15.2 Å². The molecule has 0 bridgehead atoms. The number of aromatic nitrogens is 3. The largest absolute Gasteiger partial charge is 0.497 e. The maximum atomic E-state index is 12.0. The third kappa shape index (κ3) is 2.88. The number of esters is 1. The Kier molecular flexibility index (Phi) is 4.56. The van der Waals surface area contributed by atoms with Crippen LogP contribution in [0.4, 0.5) is 5.82 Å². The number of hydrogen-bond acceptors (Lipinski definition) is 6. The summed E-state index contributed by atoms with van der Waals surface area (Å²) in [4.78, 5) is 16.4. The van der Waals surface area contributed by atoms with Gasteiger partial charge in [-0.3, -0.25) is 0 Å². The van der Waals surface area contributed by atoms with E-state index in [9.17, 15) is 4.79 Å². The van der Waals surface area contributed by atoms with Gasteiger partial charge in [0.2, 0.25) is 0 Å². The van der Waals surface area contributed by atoms with Crippen LogP contribution in [0.3, 0.4) is 0 Å². The highest BCUT2D eigenvalue weighted by Gasteiger charge is 2.20. The first-order valence-electron chi connectivity index (χ1n) is 8.08. The summed E-state index contributed by atoms with van der Waals surface area (Å²) in [7, 11) is 1.63. The molecule has 0 atom stereocenters. The molecule has 0 amide bonds. The maximum Gasteiger partial charge on any atom is 0.343 e. The zero-order valence-electron chi connectivity index (χ0n) is 14.4. The minimum atomic E-state index is -0.506. The second kappa shape index (κ2) is 6.80. The molecule has 0 aliphatic heterocycles. The van der Waals surface area contributed by atoms with E-state index in [0.717, 1.165) is 22.6 Å². The molecule has 0 spiro atoms. The van der Waals surface area contributed by atoms with Gasteiger partial charge >= 0.3 is 5.97 Å². The number of nitrogens with two attached hydrogens (primary N) is 1. The fraction of sp³-hybridized carbons (Fsp3) is 0.278. The van der Waals surface area contributed by atoms with Crippen molar-refractivity contribution in [3.63, 3.8) is 0 Å². The van der Waals surface area contributed by atoms with Gasteiger partial charge in [0.1, 0.15) is 17.1 Å². The first-order chi connectivity index (χ1) is 12.1. The number of ether oxygens (including phenoxy) is 2. The number of nitrogens with zero attached hydrogens (tertiary/aromatic N) is 3. The maximum absolute atomic E-state index is 12.0. The molecule has 2 aromatic heterocycles. The van der Waals surface area contributed by atoms with Crippen LogP contribution in [0.2, 0.25) is 0 Å². The van der Waals surface area contributed by atoms with Gasteiger partial charge in [-0.15, -0.1) is 0 Å². The number of aryl methyl sites for hydroxylation is 1. The summed E-state index contributed by atoms with van der Waals surface area (Å²) in [6.07, 6.45) is 2.15. The van der Waals surface area contributed by atoms with Crippen molar-refractivity contribution >= 4 is 17.4 Å². The first kappa shape index (κ1) is 16.8. The third-order valence-corrected chi connectivity index (χ3v) is 3.96. The molecule has 0 aliphatic carbocycles. The molecular formula is C18H20N4O3. The number of fused-ring (bicyclic) bond motifs is 1. The van der Waals surface area contributed by atoms with E-state index in [0.29, 0.717) is 12.1 Å². The van der Waals surface area contributed by atoms with Crippen LogP contribution in [-0.2, 0) is 11.2 Å². The molecule has 0 radical (unpaired) electrons. The monoisotopic (exact) mass is 340 g/mol. The first-order valence-corrected chi connectivity index (χ1v) is 8.08. The Morgan fingerprint density at radius 3 is 2.56 bits per heavy atom. The number of methoxy groups -OCH3 is 1. The number of carbonyl (C=O) groups is 1. The number of rotatable bonds is 5. The summed E-state index contributed by atoms with van der Waals surface area (Å²) in [5, 5.41) is 4.54. The van der Waals surface area contributed by atoms with E-state index < -0.39 is 5.97 Å². The number of anilines is 1. The molecular weight excluding hydrogens is 320 g/mol. The van der Waals surface area contributed by atoms with Gasteiger partial charge in [0.15, 0.2) is 5.65 Å². The van der Waals surface area contributed by atoms with Gasteiger partial charge in [0, 0.05) is 11.8 Å². The summed E-state index contributed by atoms with van der Waals surface area (Å²) in [6.45, 7) is 4.02. The fourth-order valence-electron chi connectivity index (χ4n) is 2.71. The Morgan fingerprint density at radius 2 is 1.96 bits per heavy atom. The number of benzene rings is 1. The highest BCUT2D eigenvalue weighted by atomic mass is 16.5. The van der Waals surface area contributed by atoms with Crippen LogP contribution >= 0.6 is 0 Å². The molecule has 7 heteroatoms. The number of carbonyl (C=O) groups excluding carboxylic acids is 1. The van der Waals surface area contributed by atoms with E-state index in [-0.39, 0.29) is 18.0 Å². The molecule has 0 saturated carbocycles. The summed E-state index contributed by atoms with van der Waals surface area (Å²) in [6, 6.07) is 7.67. The van der Waals surface area contributed by atoms with E-state index in [4.69, 9.17) is 15.2 Å². The number of nitrogen functional groups attached to an aromatic ring is 1. The highest BCUT2D eigenvalue weighted by molar-refractivity contribution is 5.95. The molecule has 1 aromatic carbocycles. The van der Waals surface area contributed by atoms with Crippen molar-refractivity contribution in [1.29, 1.82) is 0 Å². The SMILES string of the molecule is CCOC(=O)c1cnc2c(-c3ccc(OC)cc3)c(CC)nn2c1N. The van der Waals surface area contributed by atoms with E-state index in [1.54, 1.807) is 14.0 Å². The Morgan fingerprint density at radius 1 is 1.24 bits per heavy atom. The summed E-state index contributed by atoms with van der Waals surface area (Å²) >= 11 is 0. The van der Waals surface area contributed by atoms with Crippen LogP contribution in [0.1, 0.15) is 29.9 Å². The zero-order valence-corrected chi connectivity index (χ0v) is 14.4. The molecule has 7 nitrogen and oxygen atoms in total. The van der Waals surface area contributed by atoms with Gasteiger partial charge in [-0.25, -0.2) is 9.78 Å². The normalized spacial score (nSPS) is 10.8. The molecule has 0 aliphatic rings. The average molecular weight is 340 g/mol. The Bertz CT molecular complexity index is 916. The van der Waals surface area contributed by atoms with E-state index in [2.05, 4.69) is 10.1 Å². The van der Waals surface area contributed by atoms with Gasteiger partial charge in [0.25, 0.3) is 0 Å². The zero-order chi connectivity index (χ0) is 18.0. The second-order valence-electron chi connectivity index (χ2n) is 5.42. The van der Waals surface area contributed by atoms with Crippen LogP contribution in [-0.4, -0.2) is 34.3 Å². The molecule has 0 unspecified atom stereocenters. The lowest BCUT2D eigenvalue weighted by atomic mass is 10.0. The average Bonchev–Trinajstić information content (AvgIpc) is 3.02. The quantitative estimate of drug-likeness (QED) is 0.718. The molecule has 0 saturated heterocycles. The Labute approximate surface area is 145 Å². The Balaban J connectivity index is 2.18. The van der Waals surface area contributed by atoms with Crippen LogP contribution in [0.5, 0.6) is 5.75 Å². The van der Waals surface area contributed by atoms with E-state index in [1.165, 1.54) is 10.7 Å². The van der Waals surface area contributed by atoms with Crippen molar-refractivity contribution in [2.24, 2.45) is 0 Å². The lowest BCUT2D eigenvalue weighted by Crippen LogP contribution is -2.12. The van der Waals surface area contributed by atoms with Crippen molar-refractivity contribution in [3.05, 3.63) is 41.7 Å². The smallest absolute Gasteiger partial charge is 0.343 e. The van der Waals surface area contributed by atoms with E-state index in [1.807, 2.05) is 31.2 Å². The minimum absolute atomic E-state index is 0.209. The van der Waals surface area contributed by atoms with Gasteiger partial charge in [-0.1, -0.05) is 19.1 Å². The Hall–Kier alpha value is -3.09. The highest BCUT2D eigenvalue weighted by Crippen LogP contribution is 2.31. The van der Waals surface area contributed by atoms with Crippen molar-refractivity contribution in [1.82, 2.24) is 14.6 Å². The molecule has 2 N–H and O–H groups in total. The summed E-state index contributed by atoms with van der Waals surface area (Å²) in [5.74, 6) is 0.488. The van der Waals surface area contributed by atoms with Gasteiger partial charge in [-0.05, 0) is 31.0 Å². The van der Waals surface area contributed by atoms with E-state index >= 15 is 0 Å².